The van der Waals surface area contributed by atoms with Gasteiger partial charge in [-0.2, -0.15) is 0 Å². The van der Waals surface area contributed by atoms with Crippen LogP contribution in [0.4, 0.5) is 0 Å². The molecule has 1 aromatic heterocycles. The molecule has 4 nitrogen and oxygen atoms in total. The smallest absolute Gasteiger partial charge is 0.106 e. The molecular weight excluding hydrogens is 312 g/mol. The van der Waals surface area contributed by atoms with Crippen molar-refractivity contribution in [2.24, 2.45) is 0 Å². The molecule has 0 aliphatic carbocycles. The van der Waals surface area contributed by atoms with Gasteiger partial charge in [0.15, 0.2) is 0 Å². The zero-order chi connectivity index (χ0) is 17.0. The molecule has 128 valence electrons. The SMILES string of the molecule is CC/C(C)=C(Cl)/C=C\c1nc(C)n(CC2(O)CCOCC2)c1C. The Balaban J connectivity index is 2.21. The standard InChI is InChI=1S/C18H27ClN2O2/c1-5-13(2)16(19)6-7-17-14(3)21(15(4)20-17)12-18(22)8-10-23-11-9-18/h6-7,22H,5,8-12H2,1-4H3/b7-6-,16-13-. The molecule has 0 bridgehead atoms. The van der Waals surface area contributed by atoms with Gasteiger partial charge in [0, 0.05) is 36.8 Å². The summed E-state index contributed by atoms with van der Waals surface area (Å²) in [5, 5.41) is 11.5. The number of allylic oxidation sites excluding steroid dienone is 3. The van der Waals surface area contributed by atoms with Gasteiger partial charge in [0.1, 0.15) is 5.82 Å². The third-order valence-corrected chi connectivity index (χ3v) is 5.10. The second kappa shape index (κ2) is 7.65. The molecule has 2 rings (SSSR count). The first kappa shape index (κ1) is 18.2. The Kier molecular flexibility index (Phi) is 6.06. The lowest BCUT2D eigenvalue weighted by atomic mass is 9.94. The van der Waals surface area contributed by atoms with Crippen LogP contribution in [0.2, 0.25) is 0 Å². The summed E-state index contributed by atoms with van der Waals surface area (Å²) in [4.78, 5) is 4.62. The van der Waals surface area contributed by atoms with E-state index in [-0.39, 0.29) is 0 Å². The fourth-order valence-corrected chi connectivity index (χ4v) is 2.95. The largest absolute Gasteiger partial charge is 0.388 e. The van der Waals surface area contributed by atoms with E-state index >= 15 is 0 Å². The molecule has 2 heterocycles. The average molecular weight is 339 g/mol. The van der Waals surface area contributed by atoms with Crippen molar-refractivity contribution in [1.82, 2.24) is 9.55 Å². The highest BCUT2D eigenvalue weighted by Gasteiger charge is 2.31. The second-order valence-corrected chi connectivity index (χ2v) is 6.77. The van der Waals surface area contributed by atoms with Crippen molar-refractivity contribution in [2.75, 3.05) is 13.2 Å². The number of imidazole rings is 1. The second-order valence-electron chi connectivity index (χ2n) is 6.37. The molecule has 1 saturated heterocycles. The average Bonchev–Trinajstić information content (AvgIpc) is 2.79. The molecule has 23 heavy (non-hydrogen) atoms. The molecule has 0 spiro atoms. The molecule has 1 N–H and O–H groups in total. The van der Waals surface area contributed by atoms with Gasteiger partial charge in [-0.15, -0.1) is 0 Å². The van der Waals surface area contributed by atoms with Crippen LogP contribution in [-0.4, -0.2) is 33.5 Å². The Labute approximate surface area is 143 Å². The van der Waals surface area contributed by atoms with Crippen LogP contribution in [0.3, 0.4) is 0 Å². The third kappa shape index (κ3) is 4.46. The molecule has 5 heteroatoms. The lowest BCUT2D eigenvalue weighted by Crippen LogP contribution is -2.40. The minimum Gasteiger partial charge on any atom is -0.388 e. The first-order chi connectivity index (χ1) is 10.9. The first-order valence-corrected chi connectivity index (χ1v) is 8.61. The zero-order valence-corrected chi connectivity index (χ0v) is 15.3. The van der Waals surface area contributed by atoms with E-state index in [0.717, 1.165) is 34.2 Å². The normalized spacial score (nSPS) is 19.2. The Hall–Kier alpha value is -1.10. The summed E-state index contributed by atoms with van der Waals surface area (Å²) in [6, 6.07) is 0. The van der Waals surface area contributed by atoms with Crippen LogP contribution < -0.4 is 0 Å². The number of ether oxygens (including phenoxy) is 1. The van der Waals surface area contributed by atoms with E-state index in [0.29, 0.717) is 32.6 Å². The molecule has 1 aliphatic rings. The van der Waals surface area contributed by atoms with Crippen LogP contribution in [0.15, 0.2) is 16.7 Å². The molecular formula is C18H27ClN2O2. The maximum absolute atomic E-state index is 10.7. The van der Waals surface area contributed by atoms with Gasteiger partial charge in [0.2, 0.25) is 0 Å². The van der Waals surface area contributed by atoms with Crippen LogP contribution in [0, 0.1) is 13.8 Å². The minimum absolute atomic E-state index is 0.562. The maximum Gasteiger partial charge on any atom is 0.106 e. The summed E-state index contributed by atoms with van der Waals surface area (Å²) in [7, 11) is 0. The quantitative estimate of drug-likeness (QED) is 0.826. The van der Waals surface area contributed by atoms with E-state index in [4.69, 9.17) is 16.3 Å². The maximum atomic E-state index is 10.7. The molecule has 1 aliphatic heterocycles. The Morgan fingerprint density at radius 1 is 1.39 bits per heavy atom. The van der Waals surface area contributed by atoms with Crippen molar-refractivity contribution >= 4 is 17.7 Å². The van der Waals surface area contributed by atoms with E-state index in [2.05, 4.69) is 16.5 Å². The number of aryl methyl sites for hydroxylation is 1. The number of hydrogen-bond acceptors (Lipinski definition) is 3. The van der Waals surface area contributed by atoms with Gasteiger partial charge in [-0.05, 0) is 39.3 Å². The monoisotopic (exact) mass is 338 g/mol. The van der Waals surface area contributed by atoms with Gasteiger partial charge in [-0.1, -0.05) is 24.1 Å². The van der Waals surface area contributed by atoms with Crippen LogP contribution >= 0.6 is 11.6 Å². The Morgan fingerprint density at radius 2 is 2.04 bits per heavy atom. The summed E-state index contributed by atoms with van der Waals surface area (Å²) in [6.45, 7) is 9.93. The molecule has 0 unspecified atom stereocenters. The van der Waals surface area contributed by atoms with Crippen LogP contribution in [0.5, 0.6) is 0 Å². The lowest BCUT2D eigenvalue weighted by molar-refractivity contribution is -0.0733. The molecule has 0 saturated carbocycles. The van der Waals surface area contributed by atoms with Crippen LogP contribution in [0.25, 0.3) is 6.08 Å². The van der Waals surface area contributed by atoms with Crippen molar-refractivity contribution in [3.63, 3.8) is 0 Å². The highest BCUT2D eigenvalue weighted by molar-refractivity contribution is 6.31. The van der Waals surface area contributed by atoms with Gasteiger partial charge in [-0.25, -0.2) is 4.98 Å². The summed E-state index contributed by atoms with van der Waals surface area (Å²) in [6.07, 6.45) is 6.13. The van der Waals surface area contributed by atoms with E-state index in [9.17, 15) is 5.11 Å². The molecule has 0 aromatic carbocycles. The third-order valence-electron chi connectivity index (χ3n) is 4.65. The summed E-state index contributed by atoms with van der Waals surface area (Å²) < 4.78 is 7.44. The number of aliphatic hydroxyl groups is 1. The predicted octanol–water partition coefficient (Wildman–Crippen LogP) is 3.98. The highest BCUT2D eigenvalue weighted by Crippen LogP contribution is 2.25. The van der Waals surface area contributed by atoms with Gasteiger partial charge < -0.3 is 14.4 Å². The van der Waals surface area contributed by atoms with Crippen molar-refractivity contribution < 1.29 is 9.84 Å². The molecule has 1 aromatic rings. The van der Waals surface area contributed by atoms with Crippen molar-refractivity contribution in [3.05, 3.63) is 33.9 Å². The van der Waals surface area contributed by atoms with Crippen molar-refractivity contribution in [2.45, 2.75) is 59.1 Å². The zero-order valence-electron chi connectivity index (χ0n) is 14.5. The number of hydrogen-bond donors (Lipinski definition) is 1. The number of aromatic nitrogens is 2. The lowest BCUT2D eigenvalue weighted by Gasteiger charge is -2.33. The number of rotatable bonds is 5. The predicted molar refractivity (Wildman–Crippen MR) is 94.6 cm³/mol. The van der Waals surface area contributed by atoms with E-state index in [1.54, 1.807) is 0 Å². The van der Waals surface area contributed by atoms with E-state index in [1.807, 2.05) is 32.9 Å². The van der Waals surface area contributed by atoms with Gasteiger partial charge in [0.05, 0.1) is 17.8 Å². The summed E-state index contributed by atoms with van der Waals surface area (Å²) in [5.41, 5.74) is 2.41. The van der Waals surface area contributed by atoms with E-state index in [1.165, 1.54) is 0 Å². The summed E-state index contributed by atoms with van der Waals surface area (Å²) >= 11 is 6.26. The van der Waals surface area contributed by atoms with Gasteiger partial charge in [0.25, 0.3) is 0 Å². The number of nitrogens with zero attached hydrogens (tertiary/aromatic N) is 2. The molecule has 0 atom stereocenters. The van der Waals surface area contributed by atoms with Crippen LogP contribution in [0.1, 0.15) is 50.3 Å². The van der Waals surface area contributed by atoms with Crippen LogP contribution in [-0.2, 0) is 11.3 Å². The summed E-state index contributed by atoms with van der Waals surface area (Å²) in [5.74, 6) is 0.911. The molecule has 1 fully saturated rings. The van der Waals surface area contributed by atoms with Gasteiger partial charge >= 0.3 is 0 Å². The van der Waals surface area contributed by atoms with Gasteiger partial charge in [-0.3, -0.25) is 0 Å². The molecule has 0 radical (unpaired) electrons. The minimum atomic E-state index is -0.703. The van der Waals surface area contributed by atoms with Crippen molar-refractivity contribution in [1.29, 1.82) is 0 Å². The van der Waals surface area contributed by atoms with E-state index < -0.39 is 5.60 Å². The Morgan fingerprint density at radius 3 is 2.65 bits per heavy atom. The topological polar surface area (TPSA) is 47.3 Å². The highest BCUT2D eigenvalue weighted by atomic mass is 35.5. The fourth-order valence-electron chi connectivity index (χ4n) is 2.75. The Bertz CT molecular complexity index is 611. The fraction of sp³-hybridized carbons (Fsp3) is 0.611. The van der Waals surface area contributed by atoms with Crippen molar-refractivity contribution in [3.8, 4) is 0 Å². The molecule has 0 amide bonds. The number of halogens is 1. The first-order valence-electron chi connectivity index (χ1n) is 8.23.